The maximum absolute atomic E-state index is 10.6. The average molecular weight is 629 g/mol. The fraction of sp³-hybridized carbons (Fsp3) is 0.571. The van der Waals surface area contributed by atoms with E-state index in [9.17, 15) is 10.2 Å². The molecule has 0 saturated carbocycles. The van der Waals surface area contributed by atoms with Gasteiger partial charge in [-0.1, -0.05) is 67.5 Å². The Bertz CT molecular complexity index is 1130. The molecule has 40 heavy (non-hydrogen) atoms. The van der Waals surface area contributed by atoms with Crippen molar-refractivity contribution in [3.63, 3.8) is 0 Å². The number of aliphatic imine (C=N–C) groups is 2. The van der Waals surface area contributed by atoms with Crippen LogP contribution in [0.1, 0.15) is 123 Å². The van der Waals surface area contributed by atoms with Crippen molar-refractivity contribution in [2.45, 2.75) is 126 Å². The number of aromatic hydroxyl groups is 2. The van der Waals surface area contributed by atoms with Gasteiger partial charge in [0.2, 0.25) is 0 Å². The van der Waals surface area contributed by atoms with Crippen LogP contribution in [0.25, 0.3) is 0 Å². The molecule has 0 aliphatic rings. The van der Waals surface area contributed by atoms with Gasteiger partial charge in [-0.05, 0) is 88.0 Å². The molecule has 2 rings (SSSR count). The van der Waals surface area contributed by atoms with E-state index in [4.69, 9.17) is 0 Å². The Hall–Kier alpha value is -1.74. The van der Waals surface area contributed by atoms with E-state index in [1.165, 1.54) is 5.56 Å². The third kappa shape index (κ3) is 13.8. The summed E-state index contributed by atoms with van der Waals surface area (Å²) in [5, 5.41) is 20.9. The van der Waals surface area contributed by atoms with Crippen molar-refractivity contribution in [1.29, 1.82) is 0 Å². The van der Waals surface area contributed by atoms with Gasteiger partial charge in [-0.2, -0.15) is 0 Å². The number of phenolic OH excluding ortho intramolecular Hbond substituents is 2. The Morgan fingerprint density at radius 1 is 0.725 bits per heavy atom. The fourth-order valence-electron chi connectivity index (χ4n) is 3.95. The molecule has 0 bridgehead atoms. The van der Waals surface area contributed by atoms with Crippen LogP contribution in [0.5, 0.6) is 11.5 Å². The molecule has 0 spiro atoms. The number of aryl methyl sites for hydroxylation is 1. The molecular formula is C35H57N2O2Zr-. The molecule has 4 nitrogen and oxygen atoms in total. The Kier molecular flexibility index (Phi) is 16.2. The molecule has 2 aromatic carbocycles. The first-order valence-corrected chi connectivity index (χ1v) is 13.9. The molecule has 0 fully saturated rings. The van der Waals surface area contributed by atoms with Gasteiger partial charge in [0.05, 0.1) is 5.54 Å². The van der Waals surface area contributed by atoms with Crippen LogP contribution in [0.2, 0.25) is 0 Å². The summed E-state index contributed by atoms with van der Waals surface area (Å²) < 4.78 is 0. The average Bonchev–Trinajstić information content (AvgIpc) is 2.72. The van der Waals surface area contributed by atoms with Gasteiger partial charge in [0.15, 0.2) is 0 Å². The summed E-state index contributed by atoms with van der Waals surface area (Å²) in [6.07, 6.45) is 4.59. The van der Waals surface area contributed by atoms with Gasteiger partial charge < -0.3 is 17.6 Å². The van der Waals surface area contributed by atoms with Crippen LogP contribution in [-0.2, 0) is 43.5 Å². The van der Waals surface area contributed by atoms with Crippen molar-refractivity contribution in [1.82, 2.24) is 0 Å². The molecule has 224 valence electrons. The van der Waals surface area contributed by atoms with Crippen molar-refractivity contribution >= 4 is 12.4 Å². The molecule has 0 radical (unpaired) electrons. The minimum absolute atomic E-state index is 0. The van der Waals surface area contributed by atoms with E-state index in [2.05, 4.69) is 98.3 Å². The van der Waals surface area contributed by atoms with Crippen LogP contribution in [0.3, 0.4) is 0 Å². The van der Waals surface area contributed by atoms with Crippen LogP contribution in [0, 0.1) is 20.3 Å². The summed E-state index contributed by atoms with van der Waals surface area (Å²) in [4.78, 5) is 8.88. The van der Waals surface area contributed by atoms with Crippen LogP contribution in [0.4, 0.5) is 0 Å². The molecule has 0 amide bonds. The summed E-state index contributed by atoms with van der Waals surface area (Å²) in [6, 6.07) is 8.47. The van der Waals surface area contributed by atoms with Crippen LogP contribution in [-0.4, -0.2) is 34.2 Å². The van der Waals surface area contributed by atoms with E-state index < -0.39 is 0 Å². The van der Waals surface area contributed by atoms with Gasteiger partial charge >= 0.3 is 0 Å². The number of nitrogens with zero attached hydrogens (tertiary/aromatic N) is 2. The smallest absolute Gasteiger partial charge is 0.128 e. The number of phenols is 2. The molecule has 2 N–H and O–H groups in total. The SMILES string of the molecule is CC(C)Cc1cc(C=NC(C)(C)C)c(O)c(C(C)(C)C)c1.Cc1cc(C=NC(C)C)c(O)c(C(C)(C)C)c1.[CH3-].[Zr]. The number of rotatable bonds is 5. The second-order valence-electron chi connectivity index (χ2n) is 14.2. The quantitative estimate of drug-likeness (QED) is 0.256. The van der Waals surface area contributed by atoms with E-state index >= 15 is 0 Å². The summed E-state index contributed by atoms with van der Waals surface area (Å²) in [5.41, 5.74) is 5.75. The molecular weight excluding hydrogens is 572 g/mol. The second-order valence-corrected chi connectivity index (χ2v) is 14.2. The largest absolute Gasteiger partial charge is 0.507 e. The number of hydrogen-bond acceptors (Lipinski definition) is 4. The van der Waals surface area contributed by atoms with E-state index in [1.54, 1.807) is 6.21 Å². The zero-order valence-corrected chi connectivity index (χ0v) is 30.6. The van der Waals surface area contributed by atoms with Crippen LogP contribution < -0.4 is 0 Å². The Balaban J connectivity index is 0. The van der Waals surface area contributed by atoms with E-state index in [0.717, 1.165) is 34.2 Å². The Morgan fingerprint density at radius 3 is 1.57 bits per heavy atom. The second kappa shape index (κ2) is 16.0. The summed E-state index contributed by atoms with van der Waals surface area (Å²) >= 11 is 0. The zero-order valence-electron chi connectivity index (χ0n) is 28.1. The summed E-state index contributed by atoms with van der Waals surface area (Å²) in [6.45, 7) is 29.4. The fourth-order valence-corrected chi connectivity index (χ4v) is 3.95. The molecule has 0 saturated heterocycles. The van der Waals surface area contributed by atoms with Crippen molar-refractivity contribution in [3.8, 4) is 11.5 Å². The Labute approximate surface area is 266 Å². The van der Waals surface area contributed by atoms with E-state index in [-0.39, 0.29) is 56.0 Å². The molecule has 0 aromatic heterocycles. The molecule has 0 heterocycles. The molecule has 0 atom stereocenters. The van der Waals surface area contributed by atoms with Crippen molar-refractivity contribution in [2.75, 3.05) is 0 Å². The predicted molar refractivity (Wildman–Crippen MR) is 173 cm³/mol. The third-order valence-electron chi connectivity index (χ3n) is 5.85. The first kappa shape index (κ1) is 40.4. The van der Waals surface area contributed by atoms with Gasteiger partial charge in [0.1, 0.15) is 11.5 Å². The molecule has 2 aromatic rings. The first-order chi connectivity index (χ1) is 17.1. The van der Waals surface area contributed by atoms with E-state index in [0.29, 0.717) is 17.4 Å². The van der Waals surface area contributed by atoms with Gasteiger partial charge in [0.25, 0.3) is 0 Å². The maximum Gasteiger partial charge on any atom is 0.128 e. The first-order valence-electron chi connectivity index (χ1n) is 13.9. The van der Waals surface area contributed by atoms with Crippen molar-refractivity contribution in [3.05, 3.63) is 65.1 Å². The minimum Gasteiger partial charge on any atom is -0.507 e. The number of hydrogen-bond donors (Lipinski definition) is 2. The third-order valence-corrected chi connectivity index (χ3v) is 5.85. The van der Waals surface area contributed by atoms with Crippen LogP contribution >= 0.6 is 0 Å². The zero-order chi connectivity index (χ0) is 29.6. The Morgan fingerprint density at radius 2 is 1.18 bits per heavy atom. The summed E-state index contributed by atoms with van der Waals surface area (Å²) in [7, 11) is 0. The molecule has 5 heteroatoms. The molecule has 0 unspecified atom stereocenters. The summed E-state index contributed by atoms with van der Waals surface area (Å²) in [5.74, 6) is 1.31. The van der Waals surface area contributed by atoms with Gasteiger partial charge in [-0.3, -0.25) is 9.98 Å². The van der Waals surface area contributed by atoms with Crippen molar-refractivity contribution < 1.29 is 36.4 Å². The van der Waals surface area contributed by atoms with Gasteiger partial charge in [-0.15, -0.1) is 0 Å². The van der Waals surface area contributed by atoms with Gasteiger partial charge in [-0.25, -0.2) is 0 Å². The molecule has 0 aliphatic carbocycles. The topological polar surface area (TPSA) is 65.2 Å². The van der Waals surface area contributed by atoms with Crippen LogP contribution in [0.15, 0.2) is 34.3 Å². The monoisotopic (exact) mass is 627 g/mol. The maximum atomic E-state index is 10.6. The van der Waals surface area contributed by atoms with Crippen molar-refractivity contribution in [2.24, 2.45) is 15.9 Å². The molecule has 0 aliphatic heterocycles. The predicted octanol–water partition coefficient (Wildman–Crippen LogP) is 9.38. The standard InChI is InChI=1S/C19H31NO.C15H23NO.CH3.Zr/c1-13(2)9-14-10-15(12-20-19(6,7)8)17(21)16(11-14)18(3,4)5;1-10(2)16-9-12-7-11(3)8-13(14(12)17)15(4,5)6;;/h10-13,21H,9H2,1-8H3;7-10,17H,1-6H3;1H3;/q;;-1;. The normalized spacial score (nSPS) is 12.4. The number of benzene rings is 2. The van der Waals surface area contributed by atoms with Gasteiger partial charge in [0, 0.05) is 66.9 Å². The van der Waals surface area contributed by atoms with E-state index in [1.807, 2.05) is 39.1 Å². The minimum atomic E-state index is -0.137.